The molecule has 0 saturated heterocycles. The largest absolute Gasteiger partial charge is 0.257 e. The third-order valence-corrected chi connectivity index (χ3v) is 5.00. The average Bonchev–Trinajstić information content (AvgIpc) is 3.11. The third-order valence-electron chi connectivity index (χ3n) is 5.00. The number of nitrogens with zero attached hydrogens (tertiary/aromatic N) is 1. The second kappa shape index (κ2) is 5.05. The van der Waals surface area contributed by atoms with Crippen LogP contribution >= 0.6 is 0 Å². The fourth-order valence-electron chi connectivity index (χ4n) is 3.87. The first-order valence-corrected chi connectivity index (χ1v) is 7.61. The van der Waals surface area contributed by atoms with Gasteiger partial charge in [0.1, 0.15) is 0 Å². The molecule has 0 radical (unpaired) electrons. The highest BCUT2D eigenvalue weighted by Crippen LogP contribution is 2.63. The van der Waals surface area contributed by atoms with Gasteiger partial charge in [-0.1, -0.05) is 37.3 Å². The summed E-state index contributed by atoms with van der Waals surface area (Å²) in [4.78, 5) is 4.61. The summed E-state index contributed by atoms with van der Waals surface area (Å²) in [5.41, 5.74) is 4.34. The lowest BCUT2D eigenvalue weighted by molar-refractivity contribution is 0.436. The second-order valence-corrected chi connectivity index (χ2v) is 6.22. The minimum atomic E-state index is 0.355. The topological polar surface area (TPSA) is 12.9 Å². The van der Waals surface area contributed by atoms with Gasteiger partial charge < -0.3 is 0 Å². The molecule has 3 rings (SSSR count). The van der Waals surface area contributed by atoms with E-state index >= 15 is 0 Å². The maximum atomic E-state index is 4.61. The SMILES string of the molecule is CC=CC1(C2CC=CC(C)=C2c2ccccn2)CC1C. The van der Waals surface area contributed by atoms with E-state index in [0.29, 0.717) is 11.3 Å². The van der Waals surface area contributed by atoms with Crippen molar-refractivity contribution in [1.29, 1.82) is 0 Å². The van der Waals surface area contributed by atoms with Gasteiger partial charge in [0.25, 0.3) is 0 Å². The van der Waals surface area contributed by atoms with E-state index in [1.54, 1.807) is 0 Å². The van der Waals surface area contributed by atoms with Crippen LogP contribution in [0.1, 0.15) is 39.3 Å². The summed E-state index contributed by atoms with van der Waals surface area (Å²) in [5.74, 6) is 1.36. The lowest BCUT2D eigenvalue weighted by Crippen LogP contribution is -2.20. The Kier molecular flexibility index (Phi) is 3.37. The van der Waals surface area contributed by atoms with Gasteiger partial charge in [-0.15, -0.1) is 0 Å². The highest BCUT2D eigenvalue weighted by Gasteiger charge is 2.55. The summed E-state index contributed by atoms with van der Waals surface area (Å²) in [6, 6.07) is 6.24. The summed E-state index contributed by atoms with van der Waals surface area (Å²) in [5, 5.41) is 0. The van der Waals surface area contributed by atoms with Gasteiger partial charge in [0.2, 0.25) is 0 Å². The van der Waals surface area contributed by atoms with Gasteiger partial charge in [-0.05, 0) is 67.2 Å². The van der Waals surface area contributed by atoms with Gasteiger partial charge >= 0.3 is 0 Å². The molecule has 2 aliphatic rings. The van der Waals surface area contributed by atoms with Gasteiger partial charge in [-0.3, -0.25) is 4.98 Å². The Morgan fingerprint density at radius 1 is 1.35 bits per heavy atom. The van der Waals surface area contributed by atoms with Gasteiger partial charge in [0.15, 0.2) is 0 Å². The summed E-state index contributed by atoms with van der Waals surface area (Å²) >= 11 is 0. The molecule has 3 unspecified atom stereocenters. The van der Waals surface area contributed by atoms with Crippen LogP contribution in [0.4, 0.5) is 0 Å². The minimum Gasteiger partial charge on any atom is -0.257 e. The van der Waals surface area contributed by atoms with E-state index in [0.717, 1.165) is 18.0 Å². The zero-order chi connectivity index (χ0) is 14.2. The lowest BCUT2D eigenvalue weighted by atomic mass is 9.73. The Balaban J connectivity index is 2.06. The van der Waals surface area contributed by atoms with Crippen molar-refractivity contribution < 1.29 is 0 Å². The summed E-state index contributed by atoms with van der Waals surface area (Å²) in [7, 11) is 0. The van der Waals surface area contributed by atoms with Crippen molar-refractivity contribution in [3.63, 3.8) is 0 Å². The number of hydrogen-bond acceptors (Lipinski definition) is 1. The van der Waals surface area contributed by atoms with Crippen LogP contribution in [0.3, 0.4) is 0 Å². The Bertz CT molecular complexity index is 579. The Hall–Kier alpha value is -1.63. The molecule has 1 heteroatoms. The highest BCUT2D eigenvalue weighted by atomic mass is 14.7. The molecule has 0 aliphatic heterocycles. The maximum absolute atomic E-state index is 4.61. The number of hydrogen-bond donors (Lipinski definition) is 0. The van der Waals surface area contributed by atoms with Crippen molar-refractivity contribution in [3.8, 4) is 0 Å². The van der Waals surface area contributed by atoms with Gasteiger partial charge in [-0.2, -0.15) is 0 Å². The molecule has 0 spiro atoms. The quantitative estimate of drug-likeness (QED) is 0.698. The molecule has 0 aromatic carbocycles. The maximum Gasteiger partial charge on any atom is 0.0667 e. The standard InChI is InChI=1S/C19H23N/c1-4-11-19(13-15(19)3)16-9-7-8-14(2)18(16)17-10-5-6-12-20-17/h4-8,10-12,15-16H,9,13H2,1-3H3. The van der Waals surface area contributed by atoms with E-state index in [-0.39, 0.29) is 0 Å². The molecule has 1 nitrogen and oxygen atoms in total. The molecule has 1 fully saturated rings. The first-order valence-electron chi connectivity index (χ1n) is 7.61. The van der Waals surface area contributed by atoms with E-state index in [9.17, 15) is 0 Å². The summed E-state index contributed by atoms with van der Waals surface area (Å²) in [6.45, 7) is 6.75. The summed E-state index contributed by atoms with van der Waals surface area (Å²) in [6.07, 6.45) is 13.6. The van der Waals surface area contributed by atoms with Crippen molar-refractivity contribution in [2.24, 2.45) is 17.3 Å². The zero-order valence-electron chi connectivity index (χ0n) is 12.6. The predicted octanol–water partition coefficient (Wildman–Crippen LogP) is 5.03. The molecule has 0 bridgehead atoms. The van der Waals surface area contributed by atoms with Crippen molar-refractivity contribution in [1.82, 2.24) is 4.98 Å². The molecule has 104 valence electrons. The molecule has 1 aromatic rings. The van der Waals surface area contributed by atoms with Crippen LogP contribution < -0.4 is 0 Å². The van der Waals surface area contributed by atoms with E-state index < -0.39 is 0 Å². The van der Waals surface area contributed by atoms with Crippen molar-refractivity contribution in [2.45, 2.75) is 33.6 Å². The molecule has 2 aliphatic carbocycles. The monoisotopic (exact) mass is 265 g/mol. The van der Waals surface area contributed by atoms with Crippen LogP contribution in [0, 0.1) is 17.3 Å². The molecular weight excluding hydrogens is 242 g/mol. The summed E-state index contributed by atoms with van der Waals surface area (Å²) < 4.78 is 0. The van der Waals surface area contributed by atoms with E-state index in [1.165, 1.54) is 17.6 Å². The van der Waals surface area contributed by atoms with E-state index in [4.69, 9.17) is 0 Å². The minimum absolute atomic E-state index is 0.355. The molecular formula is C19H23N. The van der Waals surface area contributed by atoms with E-state index in [1.807, 2.05) is 12.3 Å². The molecule has 1 saturated carbocycles. The van der Waals surface area contributed by atoms with Crippen molar-refractivity contribution >= 4 is 5.57 Å². The second-order valence-electron chi connectivity index (χ2n) is 6.22. The molecule has 3 atom stereocenters. The average molecular weight is 265 g/mol. The fraction of sp³-hybridized carbons (Fsp3) is 0.421. The van der Waals surface area contributed by atoms with Crippen molar-refractivity contribution in [3.05, 3.63) is 60.0 Å². The number of rotatable bonds is 3. The van der Waals surface area contributed by atoms with Gasteiger partial charge in [0.05, 0.1) is 5.69 Å². The number of aromatic nitrogens is 1. The Morgan fingerprint density at radius 3 is 2.75 bits per heavy atom. The smallest absolute Gasteiger partial charge is 0.0667 e. The fourth-order valence-corrected chi connectivity index (χ4v) is 3.87. The molecule has 0 amide bonds. The molecule has 1 heterocycles. The normalized spacial score (nSPS) is 33.0. The van der Waals surface area contributed by atoms with Crippen molar-refractivity contribution in [2.75, 3.05) is 0 Å². The lowest BCUT2D eigenvalue weighted by Gasteiger charge is -2.31. The highest BCUT2D eigenvalue weighted by molar-refractivity contribution is 5.73. The van der Waals surface area contributed by atoms with Crippen LogP contribution in [0.5, 0.6) is 0 Å². The van der Waals surface area contributed by atoms with Crippen LogP contribution in [-0.2, 0) is 0 Å². The van der Waals surface area contributed by atoms with Crippen LogP contribution in [-0.4, -0.2) is 4.98 Å². The van der Waals surface area contributed by atoms with Crippen LogP contribution in [0.25, 0.3) is 5.57 Å². The Morgan fingerprint density at radius 2 is 2.15 bits per heavy atom. The number of pyridine rings is 1. The number of allylic oxidation sites excluding steroid dienone is 6. The molecule has 0 N–H and O–H groups in total. The molecule has 20 heavy (non-hydrogen) atoms. The Labute approximate surface area is 122 Å². The molecule has 1 aromatic heterocycles. The van der Waals surface area contributed by atoms with Gasteiger partial charge in [-0.25, -0.2) is 0 Å². The van der Waals surface area contributed by atoms with Crippen LogP contribution in [0.2, 0.25) is 0 Å². The predicted molar refractivity (Wildman–Crippen MR) is 85.1 cm³/mol. The first-order chi connectivity index (χ1) is 9.69. The zero-order valence-corrected chi connectivity index (χ0v) is 12.6. The first kappa shape index (κ1) is 13.4. The van der Waals surface area contributed by atoms with E-state index in [2.05, 4.69) is 62.2 Å². The third kappa shape index (κ3) is 2.06. The van der Waals surface area contributed by atoms with Crippen LogP contribution in [0.15, 0.2) is 54.3 Å². The van der Waals surface area contributed by atoms with Gasteiger partial charge in [0, 0.05) is 6.20 Å².